The zero-order valence-corrected chi connectivity index (χ0v) is 13.9. The zero-order valence-electron chi connectivity index (χ0n) is 11.6. The lowest BCUT2D eigenvalue weighted by molar-refractivity contribution is -0.120. The normalized spacial score (nSPS) is 15.2. The van der Waals surface area contributed by atoms with Crippen molar-refractivity contribution in [2.24, 2.45) is 5.92 Å². The van der Waals surface area contributed by atoms with E-state index in [-0.39, 0.29) is 29.9 Å². The SMILES string of the molecule is CC(NC(=O)CNCC1CC1)c1c(Cl)ccc(F)c1Cl.Cl. The van der Waals surface area contributed by atoms with Gasteiger partial charge in [-0.15, -0.1) is 12.4 Å². The number of amides is 1. The molecule has 0 bridgehead atoms. The molecule has 2 rings (SSSR count). The minimum absolute atomic E-state index is 0. The summed E-state index contributed by atoms with van der Waals surface area (Å²) in [5, 5.41) is 6.15. The lowest BCUT2D eigenvalue weighted by Crippen LogP contribution is -2.36. The first-order valence-electron chi connectivity index (χ1n) is 6.62. The Labute approximate surface area is 140 Å². The predicted octanol–water partition coefficient (Wildman–Crippen LogP) is 3.73. The number of hydrogen-bond donors (Lipinski definition) is 2. The van der Waals surface area contributed by atoms with Gasteiger partial charge < -0.3 is 10.6 Å². The lowest BCUT2D eigenvalue weighted by Gasteiger charge is -2.17. The number of hydrogen-bond acceptors (Lipinski definition) is 2. The van der Waals surface area contributed by atoms with Crippen LogP contribution in [0.15, 0.2) is 12.1 Å². The topological polar surface area (TPSA) is 41.1 Å². The first-order valence-corrected chi connectivity index (χ1v) is 7.38. The van der Waals surface area contributed by atoms with Crippen LogP contribution in [0.25, 0.3) is 0 Å². The van der Waals surface area contributed by atoms with Gasteiger partial charge in [-0.3, -0.25) is 4.79 Å². The summed E-state index contributed by atoms with van der Waals surface area (Å²) >= 11 is 11.9. The molecule has 1 aromatic carbocycles. The molecule has 1 saturated carbocycles. The molecule has 118 valence electrons. The highest BCUT2D eigenvalue weighted by molar-refractivity contribution is 6.36. The molecule has 1 amide bonds. The Morgan fingerprint density at radius 1 is 1.43 bits per heavy atom. The molecule has 0 aliphatic heterocycles. The van der Waals surface area contributed by atoms with E-state index < -0.39 is 11.9 Å². The van der Waals surface area contributed by atoms with Crippen LogP contribution in [0.3, 0.4) is 0 Å². The summed E-state index contributed by atoms with van der Waals surface area (Å²) in [6.07, 6.45) is 2.47. The Morgan fingerprint density at radius 2 is 2.10 bits per heavy atom. The highest BCUT2D eigenvalue weighted by Crippen LogP contribution is 2.32. The van der Waals surface area contributed by atoms with Gasteiger partial charge in [0.25, 0.3) is 0 Å². The third-order valence-corrected chi connectivity index (χ3v) is 4.02. The number of carbonyl (C=O) groups is 1. The van der Waals surface area contributed by atoms with Gasteiger partial charge in [-0.2, -0.15) is 0 Å². The van der Waals surface area contributed by atoms with E-state index in [9.17, 15) is 9.18 Å². The number of nitrogens with one attached hydrogen (secondary N) is 2. The molecule has 21 heavy (non-hydrogen) atoms. The molecule has 0 saturated heterocycles. The highest BCUT2D eigenvalue weighted by Gasteiger charge is 2.21. The van der Waals surface area contributed by atoms with Gasteiger partial charge >= 0.3 is 0 Å². The third kappa shape index (κ3) is 5.29. The number of carbonyl (C=O) groups excluding carboxylic acids is 1. The van der Waals surface area contributed by atoms with Crippen molar-refractivity contribution in [1.29, 1.82) is 0 Å². The van der Waals surface area contributed by atoms with Gasteiger partial charge in [-0.25, -0.2) is 4.39 Å². The number of halogens is 4. The van der Waals surface area contributed by atoms with Crippen LogP contribution < -0.4 is 10.6 Å². The van der Waals surface area contributed by atoms with E-state index in [0.29, 0.717) is 16.5 Å². The monoisotopic (exact) mass is 354 g/mol. The van der Waals surface area contributed by atoms with Crippen LogP contribution >= 0.6 is 35.6 Å². The summed E-state index contributed by atoms with van der Waals surface area (Å²) in [5.41, 5.74) is 0.406. The Bertz CT molecular complexity index is 509. The van der Waals surface area contributed by atoms with Crippen LogP contribution in [-0.2, 0) is 4.79 Å². The maximum atomic E-state index is 13.4. The molecule has 1 aliphatic rings. The molecule has 0 aromatic heterocycles. The van der Waals surface area contributed by atoms with Crippen LogP contribution in [0, 0.1) is 11.7 Å². The van der Waals surface area contributed by atoms with Crippen LogP contribution in [0.5, 0.6) is 0 Å². The molecule has 1 aliphatic carbocycles. The quantitative estimate of drug-likeness (QED) is 0.763. The van der Waals surface area contributed by atoms with Crippen molar-refractivity contribution in [2.75, 3.05) is 13.1 Å². The Balaban J connectivity index is 0.00000220. The molecule has 1 fully saturated rings. The second-order valence-electron chi connectivity index (χ2n) is 5.12. The molecule has 1 atom stereocenters. The summed E-state index contributed by atoms with van der Waals surface area (Å²) < 4.78 is 13.4. The summed E-state index contributed by atoms with van der Waals surface area (Å²) in [6.45, 7) is 2.83. The van der Waals surface area contributed by atoms with Crippen LogP contribution in [-0.4, -0.2) is 19.0 Å². The van der Waals surface area contributed by atoms with Crippen molar-refractivity contribution in [2.45, 2.75) is 25.8 Å². The van der Waals surface area contributed by atoms with Crippen molar-refractivity contribution in [1.82, 2.24) is 10.6 Å². The minimum atomic E-state index is -0.543. The van der Waals surface area contributed by atoms with Crippen molar-refractivity contribution in [3.05, 3.63) is 33.6 Å². The van der Waals surface area contributed by atoms with E-state index in [1.165, 1.54) is 25.0 Å². The molecule has 0 spiro atoms. The van der Waals surface area contributed by atoms with Gasteiger partial charge in [0, 0.05) is 10.6 Å². The fraction of sp³-hybridized carbons (Fsp3) is 0.500. The van der Waals surface area contributed by atoms with Gasteiger partial charge in [0.15, 0.2) is 0 Å². The average molecular weight is 356 g/mol. The van der Waals surface area contributed by atoms with Gasteiger partial charge in [0.05, 0.1) is 17.6 Å². The summed E-state index contributed by atoms with van der Waals surface area (Å²) in [4.78, 5) is 11.8. The van der Waals surface area contributed by atoms with Gasteiger partial charge in [0.2, 0.25) is 5.91 Å². The van der Waals surface area contributed by atoms with Crippen molar-refractivity contribution < 1.29 is 9.18 Å². The molecule has 2 N–H and O–H groups in total. The van der Waals surface area contributed by atoms with E-state index in [0.717, 1.165) is 6.54 Å². The largest absolute Gasteiger partial charge is 0.348 e. The average Bonchev–Trinajstić information content (AvgIpc) is 3.18. The fourth-order valence-corrected chi connectivity index (χ4v) is 2.71. The maximum absolute atomic E-state index is 13.4. The van der Waals surface area contributed by atoms with Crippen LogP contribution in [0.4, 0.5) is 4.39 Å². The maximum Gasteiger partial charge on any atom is 0.234 e. The lowest BCUT2D eigenvalue weighted by atomic mass is 10.1. The van der Waals surface area contributed by atoms with Crippen molar-refractivity contribution in [3.63, 3.8) is 0 Å². The van der Waals surface area contributed by atoms with Gasteiger partial charge in [-0.05, 0) is 44.4 Å². The first-order chi connectivity index (χ1) is 9.49. The molecule has 3 nitrogen and oxygen atoms in total. The third-order valence-electron chi connectivity index (χ3n) is 3.31. The van der Waals surface area contributed by atoms with E-state index in [1.54, 1.807) is 6.92 Å². The zero-order chi connectivity index (χ0) is 14.7. The summed E-state index contributed by atoms with van der Waals surface area (Å²) in [6, 6.07) is 2.20. The van der Waals surface area contributed by atoms with E-state index in [1.807, 2.05) is 0 Å². The minimum Gasteiger partial charge on any atom is -0.348 e. The Hall–Kier alpha value is -0.550. The molecular weight excluding hydrogens is 338 g/mol. The Morgan fingerprint density at radius 3 is 2.71 bits per heavy atom. The first kappa shape index (κ1) is 18.5. The van der Waals surface area contributed by atoms with Crippen LogP contribution in [0.2, 0.25) is 10.0 Å². The van der Waals surface area contributed by atoms with Crippen LogP contribution in [0.1, 0.15) is 31.4 Å². The standard InChI is InChI=1S/C14H17Cl2FN2O.ClH/c1-8(13-10(15)4-5-11(17)14(13)16)19-12(20)7-18-6-9-2-3-9;/h4-5,8-9,18H,2-3,6-7H2,1H3,(H,19,20);1H. The Kier molecular flexibility index (Phi) is 7.21. The molecular formula is C14H18Cl3FN2O. The highest BCUT2D eigenvalue weighted by atomic mass is 35.5. The molecule has 0 radical (unpaired) electrons. The van der Waals surface area contributed by atoms with E-state index >= 15 is 0 Å². The van der Waals surface area contributed by atoms with Crippen molar-refractivity contribution in [3.8, 4) is 0 Å². The van der Waals surface area contributed by atoms with E-state index in [2.05, 4.69) is 10.6 Å². The van der Waals surface area contributed by atoms with Gasteiger partial charge in [-0.1, -0.05) is 23.2 Å². The van der Waals surface area contributed by atoms with E-state index in [4.69, 9.17) is 23.2 Å². The number of rotatable bonds is 6. The smallest absolute Gasteiger partial charge is 0.234 e. The second kappa shape index (κ2) is 8.18. The fourth-order valence-electron chi connectivity index (χ4n) is 2.02. The number of benzene rings is 1. The second-order valence-corrected chi connectivity index (χ2v) is 5.91. The van der Waals surface area contributed by atoms with Gasteiger partial charge in [0.1, 0.15) is 5.82 Å². The predicted molar refractivity (Wildman–Crippen MR) is 85.8 cm³/mol. The summed E-state index contributed by atoms with van der Waals surface area (Å²) in [7, 11) is 0. The molecule has 1 aromatic rings. The summed E-state index contributed by atoms with van der Waals surface area (Å²) in [5.74, 6) is 0.0147. The van der Waals surface area contributed by atoms with Crippen molar-refractivity contribution >= 4 is 41.5 Å². The molecule has 1 unspecified atom stereocenters. The molecule has 0 heterocycles. The molecule has 7 heteroatoms.